The first-order chi connectivity index (χ1) is 5.27. The Morgan fingerprint density at radius 1 is 1.36 bits per heavy atom. The summed E-state index contributed by atoms with van der Waals surface area (Å²) in [4.78, 5) is 2.84. The van der Waals surface area contributed by atoms with Gasteiger partial charge in [-0.2, -0.15) is 0 Å². The molecule has 0 spiro atoms. The monoisotopic (exact) mass is 167 g/mol. The van der Waals surface area contributed by atoms with Crippen LogP contribution in [0.5, 0.6) is 5.75 Å². The number of H-pyrrole nitrogens is 1. The number of phenols is 1. The maximum atomic E-state index is 9.29. The van der Waals surface area contributed by atoms with E-state index >= 15 is 0 Å². The van der Waals surface area contributed by atoms with Gasteiger partial charge in [0.05, 0.1) is 5.52 Å². The van der Waals surface area contributed by atoms with Crippen LogP contribution in [0.3, 0.4) is 0 Å². The van der Waals surface area contributed by atoms with Crippen molar-refractivity contribution in [1.29, 1.82) is 0 Å². The molecule has 2 rings (SSSR count). The number of benzene rings is 1. The first-order valence-electron chi connectivity index (χ1n) is 3.23. The van der Waals surface area contributed by atoms with E-state index < -0.39 is 0 Å². The standard InChI is InChI=1S/C8H6ClNO/c9-7-4-5-2-1-3-6(11)8(5)10-7/h1-4,10-11H. The van der Waals surface area contributed by atoms with Crippen LogP contribution in [0.2, 0.25) is 5.15 Å². The lowest BCUT2D eigenvalue weighted by atomic mass is 10.2. The van der Waals surface area contributed by atoms with E-state index in [0.29, 0.717) is 10.7 Å². The zero-order valence-electron chi connectivity index (χ0n) is 5.63. The maximum absolute atomic E-state index is 9.29. The minimum Gasteiger partial charge on any atom is -0.506 e. The number of halogens is 1. The van der Waals surface area contributed by atoms with Crippen LogP contribution in [0.15, 0.2) is 24.3 Å². The molecule has 0 bridgehead atoms. The van der Waals surface area contributed by atoms with Gasteiger partial charge in [-0.1, -0.05) is 23.7 Å². The minimum absolute atomic E-state index is 0.231. The third-order valence-corrected chi connectivity index (χ3v) is 1.80. The average Bonchev–Trinajstić information content (AvgIpc) is 2.31. The summed E-state index contributed by atoms with van der Waals surface area (Å²) in [5.41, 5.74) is 0.692. The Morgan fingerprint density at radius 2 is 2.18 bits per heavy atom. The largest absolute Gasteiger partial charge is 0.506 e. The highest BCUT2D eigenvalue weighted by Crippen LogP contribution is 2.25. The van der Waals surface area contributed by atoms with E-state index in [1.165, 1.54) is 0 Å². The van der Waals surface area contributed by atoms with Crippen molar-refractivity contribution in [1.82, 2.24) is 4.98 Å². The number of para-hydroxylation sites is 1. The van der Waals surface area contributed by atoms with Gasteiger partial charge in [-0.25, -0.2) is 0 Å². The summed E-state index contributed by atoms with van der Waals surface area (Å²) in [7, 11) is 0. The van der Waals surface area contributed by atoms with E-state index in [0.717, 1.165) is 5.39 Å². The van der Waals surface area contributed by atoms with E-state index in [4.69, 9.17) is 11.6 Å². The molecule has 1 heterocycles. The van der Waals surface area contributed by atoms with Gasteiger partial charge in [0, 0.05) is 5.39 Å². The number of fused-ring (bicyclic) bond motifs is 1. The first-order valence-corrected chi connectivity index (χ1v) is 3.61. The highest BCUT2D eigenvalue weighted by Gasteiger charge is 2.00. The van der Waals surface area contributed by atoms with Crippen LogP contribution in [0.4, 0.5) is 0 Å². The van der Waals surface area contributed by atoms with Crippen molar-refractivity contribution >= 4 is 22.5 Å². The lowest BCUT2D eigenvalue weighted by molar-refractivity contribution is 0.480. The van der Waals surface area contributed by atoms with Crippen molar-refractivity contribution in [3.8, 4) is 5.75 Å². The first kappa shape index (κ1) is 6.55. The summed E-state index contributed by atoms with van der Waals surface area (Å²) in [6.07, 6.45) is 0. The molecule has 56 valence electrons. The van der Waals surface area contributed by atoms with Crippen LogP contribution >= 0.6 is 11.6 Å². The molecule has 0 saturated carbocycles. The van der Waals surface area contributed by atoms with E-state index in [9.17, 15) is 5.11 Å². The summed E-state index contributed by atoms with van der Waals surface area (Å²) in [6, 6.07) is 7.06. The number of aromatic amines is 1. The van der Waals surface area contributed by atoms with Gasteiger partial charge in [-0.3, -0.25) is 0 Å². The zero-order chi connectivity index (χ0) is 7.84. The molecule has 0 radical (unpaired) electrons. The Kier molecular flexibility index (Phi) is 1.29. The van der Waals surface area contributed by atoms with Gasteiger partial charge in [0.15, 0.2) is 0 Å². The smallest absolute Gasteiger partial charge is 0.139 e. The fraction of sp³-hybridized carbons (Fsp3) is 0. The molecule has 3 heteroatoms. The van der Waals surface area contributed by atoms with Gasteiger partial charge in [0.2, 0.25) is 0 Å². The van der Waals surface area contributed by atoms with Crippen molar-refractivity contribution in [2.45, 2.75) is 0 Å². The summed E-state index contributed by atoms with van der Waals surface area (Å²) in [5, 5.41) is 10.8. The second kappa shape index (κ2) is 2.17. The Morgan fingerprint density at radius 3 is 2.91 bits per heavy atom. The maximum Gasteiger partial charge on any atom is 0.139 e. The topological polar surface area (TPSA) is 36.0 Å². The second-order valence-corrected chi connectivity index (χ2v) is 2.77. The summed E-state index contributed by atoms with van der Waals surface area (Å²) in [6.45, 7) is 0. The van der Waals surface area contributed by atoms with Gasteiger partial charge in [0.1, 0.15) is 10.9 Å². The highest BCUT2D eigenvalue weighted by molar-refractivity contribution is 6.30. The molecule has 2 nitrogen and oxygen atoms in total. The summed E-state index contributed by atoms with van der Waals surface area (Å²) in [5.74, 6) is 0.231. The van der Waals surface area contributed by atoms with Crippen LogP contribution in [0.25, 0.3) is 10.9 Å². The Hall–Kier alpha value is -1.15. The van der Waals surface area contributed by atoms with E-state index in [1.54, 1.807) is 18.2 Å². The number of aromatic hydroxyl groups is 1. The van der Waals surface area contributed by atoms with Gasteiger partial charge in [0.25, 0.3) is 0 Å². The average molecular weight is 168 g/mol. The molecule has 0 aliphatic heterocycles. The van der Waals surface area contributed by atoms with Crippen LogP contribution in [0, 0.1) is 0 Å². The van der Waals surface area contributed by atoms with Gasteiger partial charge < -0.3 is 10.1 Å². The SMILES string of the molecule is Oc1cccc2cc(Cl)[nH]c12. The molecule has 1 aromatic carbocycles. The molecular weight excluding hydrogens is 162 g/mol. The summed E-state index contributed by atoms with van der Waals surface area (Å²) >= 11 is 5.69. The number of aromatic nitrogens is 1. The van der Waals surface area contributed by atoms with Crippen LogP contribution in [-0.2, 0) is 0 Å². The summed E-state index contributed by atoms with van der Waals surface area (Å²) < 4.78 is 0. The van der Waals surface area contributed by atoms with E-state index in [-0.39, 0.29) is 5.75 Å². The molecule has 0 atom stereocenters. The molecule has 2 aromatic rings. The van der Waals surface area contributed by atoms with Gasteiger partial charge in [-0.15, -0.1) is 0 Å². The molecule has 0 saturated heterocycles. The Labute approximate surface area is 68.4 Å². The minimum atomic E-state index is 0.231. The van der Waals surface area contributed by atoms with E-state index in [1.807, 2.05) is 6.07 Å². The number of hydrogen-bond acceptors (Lipinski definition) is 1. The van der Waals surface area contributed by atoms with Crippen LogP contribution in [0.1, 0.15) is 0 Å². The van der Waals surface area contributed by atoms with Crippen molar-refractivity contribution < 1.29 is 5.11 Å². The normalized spacial score (nSPS) is 10.6. The number of rotatable bonds is 0. The predicted molar refractivity (Wildman–Crippen MR) is 45.0 cm³/mol. The number of phenolic OH excluding ortho intramolecular Hbond substituents is 1. The third-order valence-electron chi connectivity index (χ3n) is 1.60. The Balaban J connectivity index is 2.90. The fourth-order valence-electron chi connectivity index (χ4n) is 1.11. The van der Waals surface area contributed by atoms with Crippen molar-refractivity contribution in [3.05, 3.63) is 29.4 Å². The quantitative estimate of drug-likeness (QED) is 0.622. The fourth-order valence-corrected chi connectivity index (χ4v) is 1.32. The molecule has 2 N–H and O–H groups in total. The molecule has 0 amide bonds. The second-order valence-electron chi connectivity index (χ2n) is 2.36. The molecule has 0 aliphatic rings. The lowest BCUT2D eigenvalue weighted by Crippen LogP contribution is -1.67. The van der Waals surface area contributed by atoms with Gasteiger partial charge in [-0.05, 0) is 12.1 Å². The molecule has 11 heavy (non-hydrogen) atoms. The van der Waals surface area contributed by atoms with E-state index in [2.05, 4.69) is 4.98 Å². The number of hydrogen-bond donors (Lipinski definition) is 2. The van der Waals surface area contributed by atoms with Gasteiger partial charge >= 0.3 is 0 Å². The molecule has 0 aliphatic carbocycles. The molecule has 0 fully saturated rings. The van der Waals surface area contributed by atoms with Crippen molar-refractivity contribution in [3.63, 3.8) is 0 Å². The van der Waals surface area contributed by atoms with Crippen LogP contribution < -0.4 is 0 Å². The highest BCUT2D eigenvalue weighted by atomic mass is 35.5. The predicted octanol–water partition coefficient (Wildman–Crippen LogP) is 2.53. The van der Waals surface area contributed by atoms with Crippen molar-refractivity contribution in [2.24, 2.45) is 0 Å². The van der Waals surface area contributed by atoms with Crippen molar-refractivity contribution in [2.75, 3.05) is 0 Å². The van der Waals surface area contributed by atoms with Crippen LogP contribution in [-0.4, -0.2) is 10.1 Å². The number of nitrogens with one attached hydrogen (secondary N) is 1. The molecule has 1 aromatic heterocycles. The molecule has 0 unspecified atom stereocenters. The third kappa shape index (κ3) is 0.955. The molecular formula is C8H6ClNO. The Bertz CT molecular complexity index is 394. The zero-order valence-corrected chi connectivity index (χ0v) is 6.39. The lowest BCUT2D eigenvalue weighted by Gasteiger charge is -1.91.